The number of nitrogens with one attached hydrogen (secondary N) is 1. The summed E-state index contributed by atoms with van der Waals surface area (Å²) < 4.78 is 37.8. The van der Waals surface area contributed by atoms with Gasteiger partial charge in [-0.15, -0.1) is 0 Å². The van der Waals surface area contributed by atoms with E-state index in [0.29, 0.717) is 6.07 Å². The molecule has 2 aromatic rings. The van der Waals surface area contributed by atoms with Crippen molar-refractivity contribution in [2.24, 2.45) is 0 Å². The zero-order chi connectivity index (χ0) is 11.1. The van der Waals surface area contributed by atoms with Crippen LogP contribution in [0.1, 0.15) is 0 Å². The van der Waals surface area contributed by atoms with Gasteiger partial charge in [-0.25, -0.2) is 0 Å². The second-order valence-electron chi connectivity index (χ2n) is 3.21. The van der Waals surface area contributed by atoms with Crippen LogP contribution < -0.4 is 62.4 Å². The van der Waals surface area contributed by atoms with Crippen LogP contribution in [0.4, 0.5) is 12.9 Å². The van der Waals surface area contributed by atoms with Crippen molar-refractivity contribution in [1.29, 1.82) is 0 Å². The molecular formula is C9H6BF3KNO. The van der Waals surface area contributed by atoms with Gasteiger partial charge in [0.15, 0.2) is 0 Å². The standard InChI is InChI=1S/C9H6BF3NO.K/c11-10(12,13)7-5-9(15)14-8-4-2-1-3-6(7)8;/h1-5H,(H,14,15);/q-1;+1. The third-order valence-electron chi connectivity index (χ3n) is 2.14. The summed E-state index contributed by atoms with van der Waals surface area (Å²) in [4.78, 5) is 13.4. The molecule has 0 saturated heterocycles. The summed E-state index contributed by atoms with van der Waals surface area (Å²) in [5.41, 5.74) is -1.36. The summed E-state index contributed by atoms with van der Waals surface area (Å²) in [5.74, 6) is 0. The fraction of sp³-hybridized carbons (Fsp3) is 0. The molecule has 2 nitrogen and oxygen atoms in total. The molecular weight excluding hydrogens is 245 g/mol. The monoisotopic (exact) mass is 251 g/mol. The summed E-state index contributed by atoms with van der Waals surface area (Å²) >= 11 is 0. The van der Waals surface area contributed by atoms with Crippen LogP contribution in [0.5, 0.6) is 0 Å². The first-order chi connectivity index (χ1) is 6.98. The molecule has 1 aromatic heterocycles. The Morgan fingerprint density at radius 2 is 1.75 bits per heavy atom. The number of aromatic nitrogens is 1. The Bertz CT molecular complexity index is 566. The van der Waals surface area contributed by atoms with Crippen molar-refractivity contribution in [3.8, 4) is 0 Å². The van der Waals surface area contributed by atoms with Crippen molar-refractivity contribution in [2.75, 3.05) is 0 Å². The van der Waals surface area contributed by atoms with Crippen molar-refractivity contribution in [3.05, 3.63) is 40.7 Å². The van der Waals surface area contributed by atoms with Crippen LogP contribution in [-0.2, 0) is 0 Å². The summed E-state index contributed by atoms with van der Waals surface area (Å²) in [5, 5.41) is 0.0320. The minimum Gasteiger partial charge on any atom is -0.445 e. The Kier molecular flexibility index (Phi) is 4.42. The first-order valence-electron chi connectivity index (χ1n) is 4.30. The zero-order valence-corrected chi connectivity index (χ0v) is 11.6. The number of pyridine rings is 1. The van der Waals surface area contributed by atoms with E-state index in [-0.39, 0.29) is 62.3 Å². The molecule has 0 atom stereocenters. The average Bonchev–Trinajstić information content (AvgIpc) is 2.15. The second kappa shape index (κ2) is 5.05. The van der Waals surface area contributed by atoms with Crippen LogP contribution in [0.25, 0.3) is 10.9 Å². The number of fused-ring (bicyclic) bond motifs is 1. The fourth-order valence-electron chi connectivity index (χ4n) is 1.50. The van der Waals surface area contributed by atoms with E-state index in [0.717, 1.165) is 0 Å². The zero-order valence-electron chi connectivity index (χ0n) is 8.51. The molecule has 16 heavy (non-hydrogen) atoms. The van der Waals surface area contributed by atoms with Gasteiger partial charge in [-0.3, -0.25) is 4.79 Å². The molecule has 1 heterocycles. The smallest absolute Gasteiger partial charge is 0.445 e. The van der Waals surface area contributed by atoms with Gasteiger partial charge in [-0.2, -0.15) is 0 Å². The van der Waals surface area contributed by atoms with Crippen LogP contribution >= 0.6 is 0 Å². The topological polar surface area (TPSA) is 32.9 Å². The molecule has 0 unspecified atom stereocenters. The number of rotatable bonds is 1. The van der Waals surface area contributed by atoms with Crippen LogP contribution in [-0.4, -0.2) is 12.0 Å². The fourth-order valence-corrected chi connectivity index (χ4v) is 1.50. The van der Waals surface area contributed by atoms with Crippen molar-refractivity contribution < 1.29 is 64.3 Å². The van der Waals surface area contributed by atoms with Crippen LogP contribution in [0, 0.1) is 0 Å². The summed E-state index contributed by atoms with van der Waals surface area (Å²) in [6.07, 6.45) is 0. The van der Waals surface area contributed by atoms with Gasteiger partial charge in [0.2, 0.25) is 5.56 Å². The number of hydrogen-bond donors (Lipinski definition) is 1. The van der Waals surface area contributed by atoms with E-state index in [9.17, 15) is 17.7 Å². The molecule has 78 valence electrons. The van der Waals surface area contributed by atoms with Gasteiger partial charge < -0.3 is 17.9 Å². The van der Waals surface area contributed by atoms with Gasteiger partial charge >= 0.3 is 58.4 Å². The minimum atomic E-state index is -5.16. The van der Waals surface area contributed by atoms with E-state index in [4.69, 9.17) is 0 Å². The molecule has 0 aliphatic rings. The van der Waals surface area contributed by atoms with Crippen molar-refractivity contribution >= 4 is 23.3 Å². The van der Waals surface area contributed by atoms with Gasteiger partial charge in [0.25, 0.3) is 0 Å². The molecule has 0 bridgehead atoms. The maximum atomic E-state index is 12.6. The second-order valence-corrected chi connectivity index (χ2v) is 3.21. The number of halogens is 3. The largest absolute Gasteiger partial charge is 1.00 e. The first-order valence-corrected chi connectivity index (χ1v) is 4.30. The van der Waals surface area contributed by atoms with Crippen LogP contribution in [0.15, 0.2) is 35.1 Å². The maximum Gasteiger partial charge on any atom is 1.00 e. The molecule has 0 aliphatic carbocycles. The number of aromatic amines is 1. The van der Waals surface area contributed by atoms with Crippen molar-refractivity contribution in [3.63, 3.8) is 0 Å². The summed E-state index contributed by atoms with van der Waals surface area (Å²) in [7, 11) is 0. The summed E-state index contributed by atoms with van der Waals surface area (Å²) in [6, 6.07) is 6.47. The SMILES string of the molecule is O=c1cc([B-](F)(F)F)c2ccccc2[nH]1.[K+]. The van der Waals surface area contributed by atoms with Gasteiger partial charge in [0.05, 0.1) is 0 Å². The molecule has 0 aliphatic heterocycles. The molecule has 0 saturated carbocycles. The quantitative estimate of drug-likeness (QED) is 0.620. The molecule has 1 N–H and O–H groups in total. The van der Waals surface area contributed by atoms with Gasteiger partial charge in [-0.1, -0.05) is 23.7 Å². The number of hydrogen-bond acceptors (Lipinski definition) is 1. The van der Waals surface area contributed by atoms with Crippen molar-refractivity contribution in [2.45, 2.75) is 0 Å². The molecule has 0 amide bonds. The molecule has 1 aromatic carbocycles. The minimum absolute atomic E-state index is 0. The van der Waals surface area contributed by atoms with E-state index in [1.54, 1.807) is 6.07 Å². The number of H-pyrrole nitrogens is 1. The third kappa shape index (κ3) is 2.78. The molecule has 0 radical (unpaired) electrons. The van der Waals surface area contributed by atoms with Crippen LogP contribution in [0.2, 0.25) is 0 Å². The Labute approximate surface area is 132 Å². The Balaban J connectivity index is 0.00000128. The average molecular weight is 251 g/mol. The summed E-state index contributed by atoms with van der Waals surface area (Å²) in [6.45, 7) is -5.16. The van der Waals surface area contributed by atoms with E-state index >= 15 is 0 Å². The van der Waals surface area contributed by atoms with E-state index in [1.807, 2.05) is 0 Å². The number of para-hydroxylation sites is 1. The predicted molar refractivity (Wildman–Crippen MR) is 53.3 cm³/mol. The van der Waals surface area contributed by atoms with Gasteiger partial charge in [-0.05, 0) is 17.5 Å². The Morgan fingerprint density at radius 1 is 1.12 bits per heavy atom. The van der Waals surface area contributed by atoms with E-state index in [2.05, 4.69) is 4.98 Å². The van der Waals surface area contributed by atoms with E-state index < -0.39 is 18.0 Å². The Morgan fingerprint density at radius 3 is 2.38 bits per heavy atom. The third-order valence-corrected chi connectivity index (χ3v) is 2.14. The molecule has 0 spiro atoms. The first kappa shape index (κ1) is 14.0. The molecule has 0 fully saturated rings. The molecule has 7 heteroatoms. The number of benzene rings is 1. The van der Waals surface area contributed by atoms with Gasteiger partial charge in [0, 0.05) is 5.52 Å². The van der Waals surface area contributed by atoms with E-state index in [1.165, 1.54) is 18.2 Å². The van der Waals surface area contributed by atoms with Gasteiger partial charge in [0.1, 0.15) is 0 Å². The Hall–Kier alpha value is -0.0787. The van der Waals surface area contributed by atoms with Crippen LogP contribution in [0.3, 0.4) is 0 Å². The van der Waals surface area contributed by atoms with Crippen molar-refractivity contribution in [1.82, 2.24) is 4.98 Å². The predicted octanol–water partition coefficient (Wildman–Crippen LogP) is -1.41. The normalized spacial score (nSPS) is 11.2. The molecule has 2 rings (SSSR count). The maximum absolute atomic E-state index is 12.6.